The monoisotopic (exact) mass is 456 g/mol. The lowest BCUT2D eigenvalue weighted by Crippen LogP contribution is -2.39. The molecule has 3 rings (SSSR count). The molecule has 0 spiro atoms. The number of pyridine rings is 1. The zero-order valence-corrected chi connectivity index (χ0v) is 19.1. The first-order chi connectivity index (χ1) is 14.3. The number of ketones is 1. The van der Waals surface area contributed by atoms with Crippen molar-refractivity contribution in [3.63, 3.8) is 0 Å². The number of hydrogen-bond acceptors (Lipinski definition) is 5. The van der Waals surface area contributed by atoms with Crippen molar-refractivity contribution in [2.24, 2.45) is 0 Å². The van der Waals surface area contributed by atoms with Crippen molar-refractivity contribution in [2.45, 2.75) is 65.8 Å². The van der Waals surface area contributed by atoms with Gasteiger partial charge in [0, 0.05) is 34.8 Å². The first-order valence-electron chi connectivity index (χ1n) is 9.91. The van der Waals surface area contributed by atoms with Gasteiger partial charge in [-0.25, -0.2) is 4.79 Å². The highest BCUT2D eigenvalue weighted by Gasteiger charge is 2.31. The van der Waals surface area contributed by atoms with Crippen LogP contribution in [0.25, 0.3) is 0 Å². The molecule has 3 heterocycles. The van der Waals surface area contributed by atoms with E-state index in [2.05, 4.69) is 4.98 Å². The molecule has 0 saturated heterocycles. The molecule has 5 nitrogen and oxygen atoms in total. The maximum absolute atomic E-state index is 12.1. The molecule has 0 saturated carbocycles. The number of aryl methyl sites for hydroxylation is 1. The summed E-state index contributed by atoms with van der Waals surface area (Å²) < 4.78 is 41.6. The van der Waals surface area contributed by atoms with Gasteiger partial charge in [-0.1, -0.05) is 6.92 Å². The van der Waals surface area contributed by atoms with Crippen molar-refractivity contribution in [2.75, 3.05) is 6.54 Å². The van der Waals surface area contributed by atoms with Crippen molar-refractivity contribution in [1.29, 1.82) is 0 Å². The van der Waals surface area contributed by atoms with Gasteiger partial charge in [0.1, 0.15) is 5.60 Å². The van der Waals surface area contributed by atoms with Crippen LogP contribution >= 0.6 is 11.3 Å². The summed E-state index contributed by atoms with van der Waals surface area (Å²) >= 11 is 1.55. The van der Waals surface area contributed by atoms with E-state index in [-0.39, 0.29) is 11.9 Å². The van der Waals surface area contributed by atoms with Crippen molar-refractivity contribution >= 4 is 23.2 Å². The van der Waals surface area contributed by atoms with E-state index in [0.29, 0.717) is 25.1 Å². The third-order valence-electron chi connectivity index (χ3n) is 4.51. The molecule has 0 aromatic carbocycles. The molecule has 170 valence electrons. The van der Waals surface area contributed by atoms with E-state index in [1.165, 1.54) is 6.20 Å². The normalized spacial score (nSPS) is 13.7. The van der Waals surface area contributed by atoms with Gasteiger partial charge in [-0.15, -0.1) is 11.3 Å². The fraction of sp³-hybridized carbons (Fsp3) is 0.500. The topological polar surface area (TPSA) is 59.5 Å². The average molecular weight is 457 g/mol. The number of carbonyl (C=O) groups is 2. The second-order valence-corrected chi connectivity index (χ2v) is 9.16. The number of carbonyl (C=O) groups excluding carboxylic acids is 2. The van der Waals surface area contributed by atoms with Crippen LogP contribution in [0.3, 0.4) is 0 Å². The van der Waals surface area contributed by atoms with Crippen LogP contribution in [-0.4, -0.2) is 33.9 Å². The van der Waals surface area contributed by atoms with E-state index in [9.17, 15) is 22.8 Å². The van der Waals surface area contributed by atoms with Gasteiger partial charge in [0.25, 0.3) is 0 Å². The van der Waals surface area contributed by atoms with E-state index >= 15 is 0 Å². The summed E-state index contributed by atoms with van der Waals surface area (Å²) in [6.45, 7) is 10.1. The molecular formula is C22H27F3N2O3S. The first-order valence-corrected chi connectivity index (χ1v) is 10.8. The molecule has 0 aliphatic carbocycles. The van der Waals surface area contributed by atoms with E-state index in [1.54, 1.807) is 30.1 Å². The Balaban J connectivity index is 0.000000245. The number of halogens is 3. The van der Waals surface area contributed by atoms with E-state index in [4.69, 9.17) is 4.74 Å². The SMILES string of the molecule is CC(=O)c1csc2c1CCN(C(=O)OC(C)(C)C)C2.CCc1cncc(C(F)(F)F)c1. The third kappa shape index (κ3) is 7.05. The van der Waals surface area contributed by atoms with Crippen molar-refractivity contribution in [1.82, 2.24) is 9.88 Å². The van der Waals surface area contributed by atoms with Crippen molar-refractivity contribution < 1.29 is 27.5 Å². The van der Waals surface area contributed by atoms with Crippen LogP contribution in [0.1, 0.15) is 66.5 Å². The van der Waals surface area contributed by atoms with Crippen LogP contribution in [0.4, 0.5) is 18.0 Å². The van der Waals surface area contributed by atoms with Gasteiger partial charge in [0.05, 0.1) is 12.1 Å². The van der Waals surface area contributed by atoms with E-state index < -0.39 is 17.3 Å². The smallest absolute Gasteiger partial charge is 0.417 e. The lowest BCUT2D eigenvalue weighted by atomic mass is 10.0. The lowest BCUT2D eigenvalue weighted by Gasteiger charge is -2.30. The molecule has 2 aromatic rings. The first kappa shape index (κ1) is 24.8. The largest absolute Gasteiger partial charge is 0.444 e. The summed E-state index contributed by atoms with van der Waals surface area (Å²) in [6.07, 6.45) is -0.993. The Labute approximate surface area is 184 Å². The van der Waals surface area contributed by atoms with E-state index in [1.807, 2.05) is 26.2 Å². The van der Waals surface area contributed by atoms with Crippen LogP contribution < -0.4 is 0 Å². The molecule has 0 unspecified atom stereocenters. The van der Waals surface area contributed by atoms with Gasteiger partial charge >= 0.3 is 12.3 Å². The average Bonchev–Trinajstić information content (AvgIpc) is 3.10. The molecule has 0 atom stereocenters. The summed E-state index contributed by atoms with van der Waals surface area (Å²) in [5.41, 5.74) is 1.37. The van der Waals surface area contributed by atoms with Crippen LogP contribution in [0.5, 0.6) is 0 Å². The molecule has 2 aromatic heterocycles. The minimum Gasteiger partial charge on any atom is -0.444 e. The fourth-order valence-electron chi connectivity index (χ4n) is 2.94. The van der Waals surface area contributed by atoms with E-state index in [0.717, 1.165) is 34.7 Å². The number of fused-ring (bicyclic) bond motifs is 1. The predicted octanol–water partition coefficient (Wildman–Crippen LogP) is 5.91. The minimum atomic E-state index is -4.28. The number of rotatable bonds is 2. The molecule has 9 heteroatoms. The zero-order chi connectivity index (χ0) is 23.4. The molecule has 0 radical (unpaired) electrons. The van der Waals surface area contributed by atoms with Gasteiger partial charge in [0.15, 0.2) is 5.78 Å². The van der Waals surface area contributed by atoms with Gasteiger partial charge in [-0.2, -0.15) is 13.2 Å². The molecule has 0 fully saturated rings. The summed E-state index contributed by atoms with van der Waals surface area (Å²) in [6, 6.07) is 1.12. The third-order valence-corrected chi connectivity index (χ3v) is 5.52. The second kappa shape index (κ2) is 9.80. The lowest BCUT2D eigenvalue weighted by molar-refractivity contribution is -0.137. The Hall–Kier alpha value is -2.42. The predicted molar refractivity (Wildman–Crippen MR) is 113 cm³/mol. The van der Waals surface area contributed by atoms with Crippen LogP contribution in [-0.2, 0) is 30.3 Å². The number of aromatic nitrogens is 1. The Morgan fingerprint density at radius 2 is 1.90 bits per heavy atom. The summed E-state index contributed by atoms with van der Waals surface area (Å²) in [7, 11) is 0. The number of ether oxygens (including phenoxy) is 1. The highest BCUT2D eigenvalue weighted by Crippen LogP contribution is 2.30. The molecule has 1 aliphatic heterocycles. The van der Waals surface area contributed by atoms with Gasteiger partial charge in [0.2, 0.25) is 0 Å². The molecule has 1 aliphatic rings. The Kier molecular flexibility index (Phi) is 7.86. The standard InChI is InChI=1S/C14H19NO3S.C8H8F3N/c1-9(16)11-8-19-12-7-15(6-5-10(11)12)13(17)18-14(2,3)4;1-2-6-3-7(5-12-4-6)8(9,10)11/h8H,5-7H2,1-4H3;3-5H,2H2,1H3. The highest BCUT2D eigenvalue weighted by molar-refractivity contribution is 7.10. The van der Waals surface area contributed by atoms with Crippen LogP contribution in [0.15, 0.2) is 23.8 Å². The molecule has 0 N–H and O–H groups in total. The number of hydrogen-bond donors (Lipinski definition) is 0. The summed E-state index contributed by atoms with van der Waals surface area (Å²) in [4.78, 5) is 29.8. The number of Topliss-reactive ketones (excluding diaryl/α,β-unsaturated/α-hetero) is 1. The second-order valence-electron chi connectivity index (χ2n) is 8.19. The number of alkyl halides is 3. The minimum absolute atomic E-state index is 0.100. The molecule has 31 heavy (non-hydrogen) atoms. The molecule has 0 bridgehead atoms. The van der Waals surface area contributed by atoms with Gasteiger partial charge < -0.3 is 9.64 Å². The number of thiophene rings is 1. The quantitative estimate of drug-likeness (QED) is 0.528. The van der Waals surface area contributed by atoms with Crippen molar-refractivity contribution in [3.8, 4) is 0 Å². The van der Waals surface area contributed by atoms with Crippen LogP contribution in [0, 0.1) is 0 Å². The number of nitrogens with zero attached hydrogens (tertiary/aromatic N) is 2. The maximum atomic E-state index is 12.1. The highest BCUT2D eigenvalue weighted by atomic mass is 32.1. The fourth-order valence-corrected chi connectivity index (χ4v) is 4.10. The molecule has 1 amide bonds. The Morgan fingerprint density at radius 3 is 2.45 bits per heavy atom. The van der Waals surface area contributed by atoms with Gasteiger partial charge in [-0.05, 0) is 57.7 Å². The van der Waals surface area contributed by atoms with Crippen LogP contribution in [0.2, 0.25) is 0 Å². The molecular weight excluding hydrogens is 429 g/mol. The summed E-state index contributed by atoms with van der Waals surface area (Å²) in [5, 5.41) is 1.89. The maximum Gasteiger partial charge on any atom is 0.417 e. The Morgan fingerprint density at radius 1 is 1.23 bits per heavy atom. The Bertz CT molecular complexity index is 933. The number of amides is 1. The zero-order valence-electron chi connectivity index (χ0n) is 18.3. The van der Waals surface area contributed by atoms with Crippen molar-refractivity contribution in [3.05, 3.63) is 51.0 Å². The van der Waals surface area contributed by atoms with Gasteiger partial charge in [-0.3, -0.25) is 9.78 Å². The summed E-state index contributed by atoms with van der Waals surface area (Å²) in [5.74, 6) is 0.100.